The number of rotatable bonds is 7. The zero-order valence-electron chi connectivity index (χ0n) is 11.3. The SMILES string of the molecule is CN(C)S(=O)(=O)NC[C@@H](Cc1ccc(F)cc1)C(N)=O. The predicted octanol–water partition coefficient (Wildman–Crippen LogP) is -0.134. The third-order valence-electron chi connectivity index (χ3n) is 2.79. The number of carbonyl (C=O) groups excluding carboxylic acids is 1. The van der Waals surface area contributed by atoms with Gasteiger partial charge in [-0.3, -0.25) is 4.79 Å². The highest BCUT2D eigenvalue weighted by Crippen LogP contribution is 2.10. The molecule has 0 bridgehead atoms. The van der Waals surface area contributed by atoms with Crippen molar-refractivity contribution in [1.29, 1.82) is 0 Å². The summed E-state index contributed by atoms with van der Waals surface area (Å²) in [7, 11) is -0.857. The van der Waals surface area contributed by atoms with E-state index in [1.807, 2.05) is 0 Å². The van der Waals surface area contributed by atoms with Gasteiger partial charge in [-0.1, -0.05) is 12.1 Å². The number of nitrogens with one attached hydrogen (secondary N) is 1. The fraction of sp³-hybridized carbons (Fsp3) is 0.417. The monoisotopic (exact) mass is 303 g/mol. The summed E-state index contributed by atoms with van der Waals surface area (Å²) in [6, 6.07) is 5.62. The first-order chi connectivity index (χ1) is 9.22. The maximum atomic E-state index is 12.8. The lowest BCUT2D eigenvalue weighted by atomic mass is 9.99. The van der Waals surface area contributed by atoms with Crippen LogP contribution in [-0.2, 0) is 21.4 Å². The fourth-order valence-electron chi connectivity index (χ4n) is 1.51. The van der Waals surface area contributed by atoms with Crippen LogP contribution in [0, 0.1) is 11.7 Å². The molecule has 3 N–H and O–H groups in total. The molecule has 0 fully saturated rings. The van der Waals surface area contributed by atoms with Gasteiger partial charge in [0.1, 0.15) is 5.82 Å². The van der Waals surface area contributed by atoms with Crippen LogP contribution in [0.5, 0.6) is 0 Å². The van der Waals surface area contributed by atoms with Crippen LogP contribution >= 0.6 is 0 Å². The molecule has 0 aliphatic heterocycles. The summed E-state index contributed by atoms with van der Waals surface area (Å²) in [6.45, 7) is -0.104. The summed E-state index contributed by atoms with van der Waals surface area (Å²) in [5.41, 5.74) is 5.97. The van der Waals surface area contributed by atoms with Crippen LogP contribution in [0.2, 0.25) is 0 Å². The zero-order valence-corrected chi connectivity index (χ0v) is 12.2. The van der Waals surface area contributed by atoms with Crippen molar-refractivity contribution in [3.05, 3.63) is 35.6 Å². The van der Waals surface area contributed by atoms with E-state index in [1.54, 1.807) is 0 Å². The fourth-order valence-corrected chi connectivity index (χ4v) is 2.18. The molecule has 20 heavy (non-hydrogen) atoms. The second-order valence-corrected chi connectivity index (χ2v) is 6.53. The molecule has 0 spiro atoms. The molecule has 1 amide bonds. The van der Waals surface area contributed by atoms with Crippen molar-refractivity contribution in [1.82, 2.24) is 9.03 Å². The second kappa shape index (κ2) is 6.78. The van der Waals surface area contributed by atoms with Gasteiger partial charge in [0.05, 0.1) is 5.92 Å². The van der Waals surface area contributed by atoms with Gasteiger partial charge in [-0.25, -0.2) is 9.11 Å². The molecule has 0 heterocycles. The van der Waals surface area contributed by atoms with E-state index in [1.165, 1.54) is 38.4 Å². The number of nitrogens with two attached hydrogens (primary N) is 1. The highest BCUT2D eigenvalue weighted by molar-refractivity contribution is 7.87. The van der Waals surface area contributed by atoms with E-state index in [-0.39, 0.29) is 18.8 Å². The molecule has 0 unspecified atom stereocenters. The van der Waals surface area contributed by atoms with Gasteiger partial charge in [0.2, 0.25) is 5.91 Å². The normalized spacial score (nSPS) is 13.4. The van der Waals surface area contributed by atoms with Crippen molar-refractivity contribution >= 4 is 16.1 Å². The molecule has 0 saturated carbocycles. The summed E-state index contributed by atoms with van der Waals surface area (Å²) in [6.07, 6.45) is 0.242. The minimum absolute atomic E-state index is 0.104. The first-order valence-corrected chi connectivity index (χ1v) is 7.37. The highest BCUT2D eigenvalue weighted by atomic mass is 32.2. The Labute approximate surface area is 117 Å². The molecule has 8 heteroatoms. The Morgan fingerprint density at radius 1 is 1.35 bits per heavy atom. The minimum Gasteiger partial charge on any atom is -0.369 e. The van der Waals surface area contributed by atoms with Crippen molar-refractivity contribution in [3.63, 3.8) is 0 Å². The van der Waals surface area contributed by atoms with Crippen molar-refractivity contribution in [3.8, 4) is 0 Å². The molecule has 6 nitrogen and oxygen atoms in total. The molecule has 0 radical (unpaired) electrons. The molecular weight excluding hydrogens is 285 g/mol. The van der Waals surface area contributed by atoms with Gasteiger partial charge in [-0.15, -0.1) is 0 Å². The van der Waals surface area contributed by atoms with Gasteiger partial charge >= 0.3 is 0 Å². The Morgan fingerprint density at radius 2 is 1.90 bits per heavy atom. The molecule has 0 aromatic heterocycles. The highest BCUT2D eigenvalue weighted by Gasteiger charge is 2.20. The third kappa shape index (κ3) is 4.87. The van der Waals surface area contributed by atoms with E-state index in [0.29, 0.717) is 5.56 Å². The summed E-state index contributed by atoms with van der Waals surface area (Å²) in [4.78, 5) is 11.4. The van der Waals surface area contributed by atoms with Gasteiger partial charge in [0.15, 0.2) is 0 Å². The molecule has 0 aliphatic carbocycles. The van der Waals surface area contributed by atoms with Crippen molar-refractivity contribution in [2.45, 2.75) is 6.42 Å². The smallest absolute Gasteiger partial charge is 0.278 e. The molecule has 112 valence electrons. The van der Waals surface area contributed by atoms with Crippen LogP contribution < -0.4 is 10.5 Å². The second-order valence-electron chi connectivity index (χ2n) is 4.57. The number of halogens is 1. The maximum Gasteiger partial charge on any atom is 0.278 e. The van der Waals surface area contributed by atoms with Crippen LogP contribution in [0.25, 0.3) is 0 Å². The predicted molar refractivity (Wildman–Crippen MR) is 73.4 cm³/mol. The van der Waals surface area contributed by atoms with E-state index < -0.39 is 22.0 Å². The molecular formula is C12H18FN3O3S. The molecule has 0 aliphatic rings. The first-order valence-electron chi connectivity index (χ1n) is 5.93. The topological polar surface area (TPSA) is 92.5 Å². The zero-order chi connectivity index (χ0) is 15.3. The lowest BCUT2D eigenvalue weighted by Gasteiger charge is -2.17. The van der Waals surface area contributed by atoms with Crippen molar-refractivity contribution in [2.75, 3.05) is 20.6 Å². The number of benzene rings is 1. The van der Waals surface area contributed by atoms with E-state index in [4.69, 9.17) is 5.73 Å². The third-order valence-corrected chi connectivity index (χ3v) is 4.28. The molecule has 1 aromatic carbocycles. The number of primary amides is 1. The van der Waals surface area contributed by atoms with Gasteiger partial charge in [-0.2, -0.15) is 12.7 Å². The van der Waals surface area contributed by atoms with E-state index in [2.05, 4.69) is 4.72 Å². The Balaban J connectivity index is 2.71. The minimum atomic E-state index is -3.61. The molecule has 1 atom stereocenters. The Hall–Kier alpha value is -1.51. The van der Waals surface area contributed by atoms with Crippen molar-refractivity contribution < 1.29 is 17.6 Å². The van der Waals surface area contributed by atoms with E-state index in [9.17, 15) is 17.6 Å². The summed E-state index contributed by atoms with van der Waals surface area (Å²) in [5.74, 6) is -1.69. The number of carbonyl (C=O) groups is 1. The Kier molecular flexibility index (Phi) is 5.61. The molecule has 0 saturated heterocycles. The van der Waals surface area contributed by atoms with E-state index >= 15 is 0 Å². The van der Waals surface area contributed by atoms with Crippen LogP contribution in [0.3, 0.4) is 0 Å². The summed E-state index contributed by atoms with van der Waals surface area (Å²) in [5, 5.41) is 0. The lowest BCUT2D eigenvalue weighted by molar-refractivity contribution is -0.121. The summed E-state index contributed by atoms with van der Waals surface area (Å²) < 4.78 is 39.2. The van der Waals surface area contributed by atoms with Crippen molar-refractivity contribution in [2.24, 2.45) is 11.7 Å². The molecule has 1 aromatic rings. The van der Waals surface area contributed by atoms with Gasteiger partial charge < -0.3 is 5.73 Å². The molecule has 1 rings (SSSR count). The average molecular weight is 303 g/mol. The quantitative estimate of drug-likeness (QED) is 0.734. The van der Waals surface area contributed by atoms with Crippen LogP contribution in [0.1, 0.15) is 5.56 Å². The van der Waals surface area contributed by atoms with Gasteiger partial charge in [0, 0.05) is 20.6 Å². The van der Waals surface area contributed by atoms with Crippen LogP contribution in [0.15, 0.2) is 24.3 Å². The summed E-state index contributed by atoms with van der Waals surface area (Å²) >= 11 is 0. The van der Waals surface area contributed by atoms with Gasteiger partial charge in [-0.05, 0) is 24.1 Å². The lowest BCUT2D eigenvalue weighted by Crippen LogP contribution is -2.42. The average Bonchev–Trinajstić information content (AvgIpc) is 2.36. The number of nitrogens with zero attached hydrogens (tertiary/aromatic N) is 1. The largest absolute Gasteiger partial charge is 0.369 e. The number of hydrogen-bond acceptors (Lipinski definition) is 3. The van der Waals surface area contributed by atoms with Crippen LogP contribution in [-0.4, -0.2) is 39.3 Å². The Bertz CT molecular complexity index is 558. The maximum absolute atomic E-state index is 12.8. The van der Waals surface area contributed by atoms with E-state index in [0.717, 1.165) is 4.31 Å². The first kappa shape index (κ1) is 16.5. The standard InChI is InChI=1S/C12H18FN3O3S/c1-16(2)20(18,19)15-8-10(12(14)17)7-9-3-5-11(13)6-4-9/h3-6,10,15H,7-8H2,1-2H3,(H2,14,17)/t10-/m1/s1. The van der Waals surface area contributed by atoms with Gasteiger partial charge in [0.25, 0.3) is 10.2 Å². The van der Waals surface area contributed by atoms with Crippen LogP contribution in [0.4, 0.5) is 4.39 Å². The number of amides is 1. The Morgan fingerprint density at radius 3 is 2.35 bits per heavy atom. The number of hydrogen-bond donors (Lipinski definition) is 2.